The SMILES string of the molecule is O[C@H]1CN(CC2CCCCC2)[C@@H](c2ccccc2)C[C@H]1n1cc(-c2ccc(F)cc2)nn1. The number of nitrogens with zero attached hydrogens (tertiary/aromatic N) is 4. The molecule has 6 heteroatoms. The minimum absolute atomic E-state index is 0.149. The van der Waals surface area contributed by atoms with Gasteiger partial charge in [-0.05, 0) is 55.0 Å². The highest BCUT2D eigenvalue weighted by molar-refractivity contribution is 5.57. The van der Waals surface area contributed by atoms with E-state index in [9.17, 15) is 9.50 Å². The van der Waals surface area contributed by atoms with Gasteiger partial charge in [-0.1, -0.05) is 54.8 Å². The van der Waals surface area contributed by atoms with Crippen LogP contribution >= 0.6 is 0 Å². The van der Waals surface area contributed by atoms with Crippen LogP contribution in [-0.2, 0) is 0 Å². The summed E-state index contributed by atoms with van der Waals surface area (Å²) in [5.74, 6) is 0.447. The fourth-order valence-electron chi connectivity index (χ4n) is 5.43. The molecule has 1 N–H and O–H groups in total. The Balaban J connectivity index is 1.38. The zero-order valence-corrected chi connectivity index (χ0v) is 18.4. The molecule has 5 nitrogen and oxygen atoms in total. The Morgan fingerprint density at radius 3 is 2.47 bits per heavy atom. The molecule has 5 rings (SSSR count). The van der Waals surface area contributed by atoms with Gasteiger partial charge in [-0.15, -0.1) is 5.10 Å². The molecule has 3 aromatic rings. The maximum absolute atomic E-state index is 13.3. The van der Waals surface area contributed by atoms with Gasteiger partial charge in [-0.25, -0.2) is 9.07 Å². The predicted molar refractivity (Wildman–Crippen MR) is 122 cm³/mol. The third-order valence-corrected chi connectivity index (χ3v) is 7.16. The zero-order chi connectivity index (χ0) is 21.9. The Kier molecular flexibility index (Phi) is 6.32. The average Bonchev–Trinajstić information content (AvgIpc) is 3.31. The number of β-amino-alcohol motifs (C(OH)–C–C–N with tert-alkyl or cyclic N) is 1. The molecule has 0 unspecified atom stereocenters. The normalized spacial score (nSPS) is 25.1. The molecular weight excluding hydrogens is 403 g/mol. The van der Waals surface area contributed by atoms with E-state index < -0.39 is 6.10 Å². The summed E-state index contributed by atoms with van der Waals surface area (Å²) in [5.41, 5.74) is 2.80. The van der Waals surface area contributed by atoms with Crippen molar-refractivity contribution in [3.8, 4) is 11.3 Å². The number of aliphatic hydroxyl groups is 1. The highest BCUT2D eigenvalue weighted by atomic mass is 19.1. The Morgan fingerprint density at radius 1 is 0.969 bits per heavy atom. The number of hydrogen-bond donors (Lipinski definition) is 1. The van der Waals surface area contributed by atoms with Crippen LogP contribution in [0.4, 0.5) is 4.39 Å². The first kappa shape index (κ1) is 21.3. The summed E-state index contributed by atoms with van der Waals surface area (Å²) in [6.07, 6.45) is 8.73. The Labute approximate surface area is 188 Å². The quantitative estimate of drug-likeness (QED) is 0.613. The van der Waals surface area contributed by atoms with Gasteiger partial charge in [0.15, 0.2) is 0 Å². The van der Waals surface area contributed by atoms with E-state index in [1.54, 1.807) is 16.8 Å². The van der Waals surface area contributed by atoms with Crippen molar-refractivity contribution in [3.05, 3.63) is 72.2 Å². The van der Waals surface area contributed by atoms with Crippen molar-refractivity contribution in [3.63, 3.8) is 0 Å². The van der Waals surface area contributed by atoms with E-state index in [0.717, 1.165) is 24.4 Å². The van der Waals surface area contributed by atoms with E-state index in [4.69, 9.17) is 0 Å². The zero-order valence-electron chi connectivity index (χ0n) is 18.4. The smallest absolute Gasteiger partial charge is 0.123 e. The van der Waals surface area contributed by atoms with Crippen molar-refractivity contribution in [2.75, 3.05) is 13.1 Å². The molecule has 1 aromatic heterocycles. The minimum atomic E-state index is -0.513. The van der Waals surface area contributed by atoms with Crippen LogP contribution < -0.4 is 0 Å². The van der Waals surface area contributed by atoms with Crippen molar-refractivity contribution in [2.45, 2.75) is 56.7 Å². The van der Waals surface area contributed by atoms with Gasteiger partial charge in [0.1, 0.15) is 11.5 Å². The fourth-order valence-corrected chi connectivity index (χ4v) is 5.43. The van der Waals surface area contributed by atoms with E-state index in [1.165, 1.54) is 49.8 Å². The molecule has 1 aliphatic carbocycles. The summed E-state index contributed by atoms with van der Waals surface area (Å²) in [6, 6.07) is 17.0. The van der Waals surface area contributed by atoms with Crippen molar-refractivity contribution >= 4 is 0 Å². The van der Waals surface area contributed by atoms with E-state index >= 15 is 0 Å². The number of hydrogen-bond acceptors (Lipinski definition) is 4. The molecule has 0 spiro atoms. The van der Waals surface area contributed by atoms with Gasteiger partial charge >= 0.3 is 0 Å². The molecule has 3 atom stereocenters. The van der Waals surface area contributed by atoms with Crippen molar-refractivity contribution in [1.29, 1.82) is 0 Å². The Morgan fingerprint density at radius 2 is 1.72 bits per heavy atom. The van der Waals surface area contributed by atoms with Crippen molar-refractivity contribution in [2.24, 2.45) is 5.92 Å². The summed E-state index contributed by atoms with van der Waals surface area (Å²) in [7, 11) is 0. The predicted octanol–water partition coefficient (Wildman–Crippen LogP) is 5.01. The number of rotatable bonds is 5. The lowest BCUT2D eigenvalue weighted by molar-refractivity contribution is -0.0181. The van der Waals surface area contributed by atoms with E-state index in [0.29, 0.717) is 12.2 Å². The van der Waals surface area contributed by atoms with Gasteiger partial charge in [-0.3, -0.25) is 4.90 Å². The van der Waals surface area contributed by atoms with Crippen molar-refractivity contribution in [1.82, 2.24) is 19.9 Å². The van der Waals surface area contributed by atoms with E-state index in [-0.39, 0.29) is 17.9 Å². The van der Waals surface area contributed by atoms with Crippen LogP contribution in [-0.4, -0.2) is 44.2 Å². The summed E-state index contributed by atoms with van der Waals surface area (Å²) >= 11 is 0. The van der Waals surface area contributed by atoms with Gasteiger partial charge in [0.05, 0.1) is 18.3 Å². The lowest BCUT2D eigenvalue weighted by Crippen LogP contribution is -2.48. The second-order valence-electron chi connectivity index (χ2n) is 9.35. The molecule has 32 heavy (non-hydrogen) atoms. The van der Waals surface area contributed by atoms with Gasteiger partial charge in [0.2, 0.25) is 0 Å². The first-order chi connectivity index (χ1) is 15.7. The second-order valence-corrected chi connectivity index (χ2v) is 9.35. The number of likely N-dealkylation sites (tertiary alicyclic amines) is 1. The molecule has 1 aliphatic heterocycles. The van der Waals surface area contributed by atoms with Gasteiger partial charge in [0.25, 0.3) is 0 Å². The van der Waals surface area contributed by atoms with Crippen LogP contribution in [0.5, 0.6) is 0 Å². The Hall–Kier alpha value is -2.57. The highest BCUT2D eigenvalue weighted by Gasteiger charge is 2.38. The lowest BCUT2D eigenvalue weighted by Gasteiger charge is -2.44. The van der Waals surface area contributed by atoms with Crippen LogP contribution in [0.1, 0.15) is 56.2 Å². The molecule has 0 bridgehead atoms. The first-order valence-corrected chi connectivity index (χ1v) is 11.8. The summed E-state index contributed by atoms with van der Waals surface area (Å²) in [6.45, 7) is 1.67. The maximum Gasteiger partial charge on any atom is 0.123 e. The highest BCUT2D eigenvalue weighted by Crippen LogP contribution is 2.38. The molecule has 168 valence electrons. The second kappa shape index (κ2) is 9.51. The molecule has 1 saturated heterocycles. The number of piperidine rings is 1. The molecule has 2 aliphatic rings. The van der Waals surface area contributed by atoms with Crippen LogP contribution in [0.25, 0.3) is 11.3 Å². The standard InChI is InChI=1S/C26H31FN4O/c27-22-13-11-20(12-14-22)23-17-31(29-28-23)25-15-24(21-9-5-2-6-10-21)30(18-26(25)32)16-19-7-3-1-4-8-19/h2,5-6,9-14,17,19,24-26,32H,1,3-4,7-8,15-16,18H2/t24-,25-,26+/m1/s1. The van der Waals surface area contributed by atoms with Crippen LogP contribution in [0.3, 0.4) is 0 Å². The molecular formula is C26H31FN4O. The monoisotopic (exact) mass is 434 g/mol. The number of benzene rings is 2. The molecule has 2 fully saturated rings. The third kappa shape index (κ3) is 4.62. The number of aliphatic hydroxyl groups excluding tert-OH is 1. The number of halogens is 1. The molecule has 2 heterocycles. The van der Waals surface area contributed by atoms with Crippen LogP contribution in [0, 0.1) is 11.7 Å². The van der Waals surface area contributed by atoms with Crippen LogP contribution in [0.15, 0.2) is 60.8 Å². The largest absolute Gasteiger partial charge is 0.390 e. The van der Waals surface area contributed by atoms with Gasteiger partial charge in [-0.2, -0.15) is 0 Å². The summed E-state index contributed by atoms with van der Waals surface area (Å²) in [4.78, 5) is 2.49. The molecule has 0 radical (unpaired) electrons. The number of aromatic nitrogens is 3. The first-order valence-electron chi connectivity index (χ1n) is 11.8. The lowest BCUT2D eigenvalue weighted by atomic mass is 9.85. The topological polar surface area (TPSA) is 54.2 Å². The average molecular weight is 435 g/mol. The maximum atomic E-state index is 13.3. The summed E-state index contributed by atoms with van der Waals surface area (Å²) < 4.78 is 15.1. The van der Waals surface area contributed by atoms with Crippen molar-refractivity contribution < 1.29 is 9.50 Å². The Bertz CT molecular complexity index is 1000. The van der Waals surface area contributed by atoms with E-state index in [1.807, 2.05) is 6.20 Å². The molecule has 0 amide bonds. The van der Waals surface area contributed by atoms with Crippen LogP contribution in [0.2, 0.25) is 0 Å². The molecule has 1 saturated carbocycles. The van der Waals surface area contributed by atoms with Gasteiger partial charge in [0, 0.05) is 24.7 Å². The van der Waals surface area contributed by atoms with Gasteiger partial charge < -0.3 is 5.11 Å². The fraction of sp³-hybridized carbons (Fsp3) is 0.462. The van der Waals surface area contributed by atoms with E-state index in [2.05, 4.69) is 45.5 Å². The third-order valence-electron chi connectivity index (χ3n) is 7.16. The summed E-state index contributed by atoms with van der Waals surface area (Å²) in [5, 5.41) is 19.8. The minimum Gasteiger partial charge on any atom is -0.390 e. The molecule has 2 aromatic carbocycles.